The van der Waals surface area contributed by atoms with Crippen molar-refractivity contribution >= 4 is 11.8 Å². The summed E-state index contributed by atoms with van der Waals surface area (Å²) < 4.78 is 13.3. The van der Waals surface area contributed by atoms with Crippen LogP contribution in [0, 0.1) is 24.6 Å². The zero-order chi connectivity index (χ0) is 14.4. The van der Waals surface area contributed by atoms with Gasteiger partial charge in [0.25, 0.3) is 0 Å². The summed E-state index contributed by atoms with van der Waals surface area (Å²) in [4.78, 5) is 8.45. The van der Waals surface area contributed by atoms with E-state index in [0.717, 1.165) is 11.1 Å². The Kier molecular flexibility index (Phi) is 5.10. The van der Waals surface area contributed by atoms with Gasteiger partial charge in [0, 0.05) is 23.7 Å². The monoisotopic (exact) mass is 287 g/mol. The number of benzene rings is 1. The van der Waals surface area contributed by atoms with E-state index in [9.17, 15) is 4.39 Å². The first-order valence-corrected chi connectivity index (χ1v) is 7.06. The first-order valence-electron chi connectivity index (χ1n) is 6.08. The maximum Gasteiger partial charge on any atom is 0.187 e. The summed E-state index contributed by atoms with van der Waals surface area (Å²) in [5.41, 5.74) is 7.98. The van der Waals surface area contributed by atoms with Gasteiger partial charge < -0.3 is 5.73 Å². The van der Waals surface area contributed by atoms with Crippen molar-refractivity contribution in [2.75, 3.05) is 6.54 Å². The zero-order valence-electron chi connectivity index (χ0n) is 11.1. The largest absolute Gasteiger partial charge is 0.320 e. The molecule has 0 saturated carbocycles. The van der Waals surface area contributed by atoms with Crippen molar-refractivity contribution in [1.82, 2.24) is 9.97 Å². The van der Waals surface area contributed by atoms with Crippen molar-refractivity contribution in [1.29, 1.82) is 0 Å². The third kappa shape index (κ3) is 4.05. The van der Waals surface area contributed by atoms with E-state index in [4.69, 9.17) is 5.73 Å². The molecule has 0 saturated heterocycles. The average Bonchev–Trinajstić information content (AvgIpc) is 2.46. The molecule has 2 rings (SSSR count). The van der Waals surface area contributed by atoms with Crippen LogP contribution in [0.4, 0.5) is 4.39 Å². The minimum absolute atomic E-state index is 0.254. The maximum atomic E-state index is 13.3. The number of aryl methyl sites for hydroxylation is 1. The molecule has 1 heterocycles. The Hall–Kier alpha value is -1.90. The van der Waals surface area contributed by atoms with Gasteiger partial charge in [-0.2, -0.15) is 0 Å². The number of hydrogen-bond donors (Lipinski definition) is 1. The van der Waals surface area contributed by atoms with E-state index < -0.39 is 0 Å². The van der Waals surface area contributed by atoms with Crippen LogP contribution in [0.5, 0.6) is 0 Å². The van der Waals surface area contributed by atoms with Gasteiger partial charge in [-0.05, 0) is 30.2 Å². The first-order chi connectivity index (χ1) is 9.69. The molecule has 0 amide bonds. The smallest absolute Gasteiger partial charge is 0.187 e. The summed E-state index contributed by atoms with van der Waals surface area (Å²) in [6.07, 6.45) is 3.55. The molecule has 1 aromatic heterocycles. The van der Waals surface area contributed by atoms with Gasteiger partial charge in [0.05, 0.1) is 6.54 Å². The fourth-order valence-corrected chi connectivity index (χ4v) is 2.33. The van der Waals surface area contributed by atoms with E-state index in [1.165, 1.54) is 23.9 Å². The van der Waals surface area contributed by atoms with Crippen LogP contribution in [0.2, 0.25) is 0 Å². The van der Waals surface area contributed by atoms with E-state index in [-0.39, 0.29) is 12.4 Å². The van der Waals surface area contributed by atoms with E-state index in [0.29, 0.717) is 16.5 Å². The maximum absolute atomic E-state index is 13.3. The molecular weight excluding hydrogens is 273 g/mol. The molecule has 0 unspecified atom stereocenters. The fourth-order valence-electron chi connectivity index (χ4n) is 1.53. The summed E-state index contributed by atoms with van der Waals surface area (Å²) in [5.74, 6) is 5.98. The van der Waals surface area contributed by atoms with Crippen molar-refractivity contribution in [2.45, 2.75) is 17.8 Å². The molecule has 0 radical (unpaired) electrons. The molecule has 0 atom stereocenters. The van der Waals surface area contributed by atoms with Gasteiger partial charge in [0.2, 0.25) is 0 Å². The molecular formula is C15H14FN3S. The Morgan fingerprint density at radius 3 is 2.75 bits per heavy atom. The van der Waals surface area contributed by atoms with Crippen molar-refractivity contribution in [3.8, 4) is 11.8 Å². The Morgan fingerprint density at radius 2 is 2.05 bits per heavy atom. The second-order valence-corrected chi connectivity index (χ2v) is 5.08. The molecule has 3 nitrogen and oxygen atoms in total. The highest BCUT2D eigenvalue weighted by Gasteiger charge is 2.04. The van der Waals surface area contributed by atoms with Gasteiger partial charge >= 0.3 is 0 Å². The molecule has 2 N–H and O–H groups in total. The Balaban J connectivity index is 2.14. The predicted molar refractivity (Wildman–Crippen MR) is 78.7 cm³/mol. The molecule has 102 valence electrons. The van der Waals surface area contributed by atoms with E-state index in [1.807, 2.05) is 6.92 Å². The molecule has 0 bridgehead atoms. The molecule has 2 aromatic rings. The van der Waals surface area contributed by atoms with Crippen LogP contribution in [0.25, 0.3) is 0 Å². The van der Waals surface area contributed by atoms with E-state index in [1.54, 1.807) is 18.5 Å². The van der Waals surface area contributed by atoms with E-state index in [2.05, 4.69) is 21.8 Å². The van der Waals surface area contributed by atoms with Gasteiger partial charge in [0.1, 0.15) is 5.82 Å². The van der Waals surface area contributed by atoms with Crippen LogP contribution in [-0.4, -0.2) is 16.5 Å². The fraction of sp³-hybridized carbons (Fsp3) is 0.200. The lowest BCUT2D eigenvalue weighted by molar-refractivity contribution is 0.627. The summed E-state index contributed by atoms with van der Waals surface area (Å²) >= 11 is 1.49. The van der Waals surface area contributed by atoms with Crippen LogP contribution in [0.15, 0.2) is 35.7 Å². The third-order valence-electron chi connectivity index (χ3n) is 2.51. The highest BCUT2D eigenvalue weighted by Crippen LogP contribution is 2.21. The predicted octanol–water partition coefficient (Wildman–Crippen LogP) is 2.53. The third-order valence-corrected chi connectivity index (χ3v) is 3.44. The Labute approximate surface area is 121 Å². The summed E-state index contributed by atoms with van der Waals surface area (Å²) in [6.45, 7) is 2.19. The van der Waals surface area contributed by atoms with Crippen molar-refractivity contribution in [3.63, 3.8) is 0 Å². The van der Waals surface area contributed by atoms with E-state index >= 15 is 0 Å². The average molecular weight is 287 g/mol. The summed E-state index contributed by atoms with van der Waals surface area (Å²) in [5, 5.41) is 0.692. The van der Waals surface area contributed by atoms with Crippen LogP contribution < -0.4 is 5.73 Å². The quantitative estimate of drug-likeness (QED) is 0.535. The lowest BCUT2D eigenvalue weighted by Crippen LogP contribution is -1.95. The highest BCUT2D eigenvalue weighted by atomic mass is 32.2. The number of thioether (sulfide) groups is 1. The van der Waals surface area contributed by atoms with Gasteiger partial charge in [-0.3, -0.25) is 0 Å². The SMILES string of the molecule is Cc1cnc(SCc2ccc(F)cc2C#CCN)nc1. The Bertz CT molecular complexity index is 644. The standard InChI is InChI=1S/C15H14FN3S/c1-11-8-18-15(19-9-11)20-10-13-4-5-14(16)7-12(13)3-2-6-17/h4-5,7-9H,6,10,17H2,1H3. The highest BCUT2D eigenvalue weighted by molar-refractivity contribution is 7.98. The van der Waals surface area contributed by atoms with Gasteiger partial charge in [-0.25, -0.2) is 14.4 Å². The molecule has 0 fully saturated rings. The lowest BCUT2D eigenvalue weighted by atomic mass is 10.1. The number of nitrogens with two attached hydrogens (primary N) is 1. The first kappa shape index (κ1) is 14.5. The number of rotatable bonds is 3. The van der Waals surface area contributed by atoms with Crippen LogP contribution in [0.3, 0.4) is 0 Å². The number of nitrogens with zero attached hydrogens (tertiary/aromatic N) is 2. The second kappa shape index (κ2) is 7.04. The number of hydrogen-bond acceptors (Lipinski definition) is 4. The van der Waals surface area contributed by atoms with Crippen molar-refractivity contribution in [2.24, 2.45) is 5.73 Å². The topological polar surface area (TPSA) is 51.8 Å². The molecule has 20 heavy (non-hydrogen) atoms. The summed E-state index contributed by atoms with van der Waals surface area (Å²) in [6, 6.07) is 4.59. The number of aromatic nitrogens is 2. The summed E-state index contributed by atoms with van der Waals surface area (Å²) in [7, 11) is 0. The molecule has 0 aliphatic rings. The minimum atomic E-state index is -0.299. The number of halogens is 1. The second-order valence-electron chi connectivity index (χ2n) is 4.14. The molecule has 0 aliphatic heterocycles. The van der Waals surface area contributed by atoms with Crippen molar-refractivity contribution < 1.29 is 4.39 Å². The molecule has 5 heteroatoms. The van der Waals surface area contributed by atoms with Gasteiger partial charge in [-0.1, -0.05) is 29.7 Å². The van der Waals surface area contributed by atoms with Crippen LogP contribution >= 0.6 is 11.8 Å². The minimum Gasteiger partial charge on any atom is -0.320 e. The Morgan fingerprint density at radius 1 is 1.30 bits per heavy atom. The molecule has 0 aliphatic carbocycles. The van der Waals surface area contributed by atoms with Crippen LogP contribution in [-0.2, 0) is 5.75 Å². The molecule has 0 spiro atoms. The lowest BCUT2D eigenvalue weighted by Gasteiger charge is -2.04. The van der Waals surface area contributed by atoms with Crippen LogP contribution in [0.1, 0.15) is 16.7 Å². The normalized spacial score (nSPS) is 9.95. The van der Waals surface area contributed by atoms with Crippen molar-refractivity contribution in [3.05, 3.63) is 53.1 Å². The molecule has 1 aromatic carbocycles. The zero-order valence-corrected chi connectivity index (χ0v) is 11.9. The van der Waals surface area contributed by atoms with Gasteiger partial charge in [0.15, 0.2) is 5.16 Å². The van der Waals surface area contributed by atoms with Gasteiger partial charge in [-0.15, -0.1) is 0 Å².